The molecule has 0 unspecified atom stereocenters. The van der Waals surface area contributed by atoms with Gasteiger partial charge in [0.2, 0.25) is 0 Å². The summed E-state index contributed by atoms with van der Waals surface area (Å²) in [5.41, 5.74) is 9.93. The predicted molar refractivity (Wildman–Crippen MR) is 75.6 cm³/mol. The molecule has 0 bridgehead atoms. The van der Waals surface area contributed by atoms with Crippen molar-refractivity contribution in [3.63, 3.8) is 0 Å². The second-order valence-corrected chi connectivity index (χ2v) is 5.09. The van der Waals surface area contributed by atoms with Gasteiger partial charge in [0.25, 0.3) is 0 Å². The molecular weight excluding hydrogens is 242 g/mol. The van der Waals surface area contributed by atoms with Crippen LogP contribution in [-0.2, 0) is 6.42 Å². The van der Waals surface area contributed by atoms with E-state index in [1.165, 1.54) is 5.56 Å². The zero-order chi connectivity index (χ0) is 12.4. The number of anilines is 1. The average molecular weight is 255 g/mol. The highest BCUT2D eigenvalue weighted by molar-refractivity contribution is 7.10. The Balaban J connectivity index is 1.82. The van der Waals surface area contributed by atoms with E-state index in [9.17, 15) is 0 Å². The molecule has 4 heteroatoms. The van der Waals surface area contributed by atoms with Gasteiger partial charge in [-0.1, -0.05) is 12.1 Å². The second kappa shape index (κ2) is 4.66. The number of hydrogen-bond acceptors (Lipinski definition) is 3. The number of aromatic nitrogens is 2. The Labute approximate surface area is 109 Å². The van der Waals surface area contributed by atoms with Gasteiger partial charge in [-0.15, -0.1) is 11.3 Å². The molecule has 0 aliphatic rings. The van der Waals surface area contributed by atoms with E-state index >= 15 is 0 Å². The van der Waals surface area contributed by atoms with Gasteiger partial charge in [0.15, 0.2) is 0 Å². The van der Waals surface area contributed by atoms with Crippen LogP contribution >= 0.6 is 11.3 Å². The van der Waals surface area contributed by atoms with Crippen LogP contribution in [0.3, 0.4) is 0 Å². The van der Waals surface area contributed by atoms with Crippen molar-refractivity contribution in [2.45, 2.75) is 6.42 Å². The quantitative estimate of drug-likeness (QED) is 0.705. The Bertz CT molecular complexity index is 641. The van der Waals surface area contributed by atoms with Crippen molar-refractivity contribution in [3.8, 4) is 11.3 Å². The Hall–Kier alpha value is -2.07. The van der Waals surface area contributed by atoms with Crippen LogP contribution in [0.4, 0.5) is 5.69 Å². The highest BCUT2D eigenvalue weighted by Crippen LogP contribution is 2.23. The van der Waals surface area contributed by atoms with Gasteiger partial charge in [-0.2, -0.15) is 0 Å². The number of nitrogens with one attached hydrogen (secondary N) is 1. The maximum Gasteiger partial charge on any atom is 0.0976 e. The van der Waals surface area contributed by atoms with Crippen molar-refractivity contribution < 1.29 is 0 Å². The van der Waals surface area contributed by atoms with E-state index in [1.807, 2.05) is 36.7 Å². The van der Waals surface area contributed by atoms with Crippen LogP contribution in [-0.4, -0.2) is 9.97 Å². The molecule has 0 saturated carbocycles. The molecule has 3 nitrogen and oxygen atoms in total. The first kappa shape index (κ1) is 11.0. The standard InChI is InChI=1S/C14H13N3S/c15-12-3-1-2-10(6-12)7-14-17-13(9-18-14)11-4-5-16-8-11/h1-6,8-9,16H,7,15H2. The molecule has 0 aliphatic carbocycles. The van der Waals surface area contributed by atoms with Crippen molar-refractivity contribution in [2.24, 2.45) is 0 Å². The van der Waals surface area contributed by atoms with Gasteiger partial charge in [0, 0.05) is 35.4 Å². The van der Waals surface area contributed by atoms with E-state index in [4.69, 9.17) is 5.73 Å². The first-order valence-corrected chi connectivity index (χ1v) is 6.61. The smallest absolute Gasteiger partial charge is 0.0976 e. The monoisotopic (exact) mass is 255 g/mol. The van der Waals surface area contributed by atoms with Crippen LogP contribution in [0, 0.1) is 0 Å². The molecule has 0 fully saturated rings. The fourth-order valence-electron chi connectivity index (χ4n) is 1.89. The fourth-order valence-corrected chi connectivity index (χ4v) is 2.72. The van der Waals surface area contributed by atoms with Crippen molar-refractivity contribution in [1.29, 1.82) is 0 Å². The molecule has 3 rings (SSSR count). The summed E-state index contributed by atoms with van der Waals surface area (Å²) in [6, 6.07) is 9.98. The lowest BCUT2D eigenvalue weighted by molar-refractivity contribution is 1.14. The number of aromatic amines is 1. The van der Waals surface area contributed by atoms with Gasteiger partial charge in [-0.25, -0.2) is 4.98 Å². The van der Waals surface area contributed by atoms with Crippen LogP contribution in [0.5, 0.6) is 0 Å². The number of nitrogens with zero attached hydrogens (tertiary/aromatic N) is 1. The summed E-state index contributed by atoms with van der Waals surface area (Å²) in [5.74, 6) is 0. The molecule has 0 aliphatic heterocycles. The van der Waals surface area contributed by atoms with Gasteiger partial charge >= 0.3 is 0 Å². The zero-order valence-electron chi connectivity index (χ0n) is 9.76. The Morgan fingerprint density at radius 2 is 2.22 bits per heavy atom. The van der Waals surface area contributed by atoms with Gasteiger partial charge in [-0.3, -0.25) is 0 Å². The highest BCUT2D eigenvalue weighted by Gasteiger charge is 2.05. The molecule has 3 N–H and O–H groups in total. The van der Waals surface area contributed by atoms with Crippen LogP contribution in [0.25, 0.3) is 11.3 Å². The molecule has 2 aromatic heterocycles. The topological polar surface area (TPSA) is 54.7 Å². The molecule has 1 aromatic carbocycles. The average Bonchev–Trinajstić information content (AvgIpc) is 2.98. The van der Waals surface area contributed by atoms with Gasteiger partial charge in [0.1, 0.15) is 0 Å². The van der Waals surface area contributed by atoms with Crippen molar-refractivity contribution in [1.82, 2.24) is 9.97 Å². The minimum Gasteiger partial charge on any atom is -0.399 e. The summed E-state index contributed by atoms with van der Waals surface area (Å²) in [7, 11) is 0. The lowest BCUT2D eigenvalue weighted by atomic mass is 10.1. The Morgan fingerprint density at radius 3 is 3.00 bits per heavy atom. The molecule has 3 aromatic rings. The third-order valence-electron chi connectivity index (χ3n) is 2.75. The summed E-state index contributed by atoms with van der Waals surface area (Å²) in [5, 5.41) is 3.20. The minimum absolute atomic E-state index is 0.801. The number of nitrogens with two attached hydrogens (primary N) is 1. The molecule has 18 heavy (non-hydrogen) atoms. The maximum absolute atomic E-state index is 5.77. The highest BCUT2D eigenvalue weighted by atomic mass is 32.1. The summed E-state index contributed by atoms with van der Waals surface area (Å²) >= 11 is 1.68. The molecule has 0 spiro atoms. The number of benzene rings is 1. The first-order chi connectivity index (χ1) is 8.81. The van der Waals surface area contributed by atoms with Gasteiger partial charge in [-0.05, 0) is 23.8 Å². The van der Waals surface area contributed by atoms with E-state index in [1.54, 1.807) is 11.3 Å². The van der Waals surface area contributed by atoms with Gasteiger partial charge < -0.3 is 10.7 Å². The third kappa shape index (κ3) is 2.28. The molecule has 90 valence electrons. The van der Waals surface area contributed by atoms with Gasteiger partial charge in [0.05, 0.1) is 10.7 Å². The fraction of sp³-hybridized carbons (Fsp3) is 0.0714. The van der Waals surface area contributed by atoms with Crippen molar-refractivity contribution >= 4 is 17.0 Å². The second-order valence-electron chi connectivity index (χ2n) is 4.15. The molecule has 0 saturated heterocycles. The number of nitrogen functional groups attached to an aromatic ring is 1. The van der Waals surface area contributed by atoms with Crippen LogP contribution in [0.2, 0.25) is 0 Å². The summed E-state index contributed by atoms with van der Waals surface area (Å²) < 4.78 is 0. The minimum atomic E-state index is 0.801. The van der Waals surface area contributed by atoms with E-state index in [0.717, 1.165) is 28.4 Å². The molecule has 0 amide bonds. The van der Waals surface area contributed by atoms with E-state index < -0.39 is 0 Å². The predicted octanol–water partition coefficient (Wildman–Crippen LogP) is 3.31. The first-order valence-electron chi connectivity index (χ1n) is 5.73. The Morgan fingerprint density at radius 1 is 1.28 bits per heavy atom. The number of thiazole rings is 1. The number of hydrogen-bond donors (Lipinski definition) is 2. The number of H-pyrrole nitrogens is 1. The molecule has 2 heterocycles. The van der Waals surface area contributed by atoms with E-state index in [2.05, 4.69) is 21.4 Å². The largest absolute Gasteiger partial charge is 0.399 e. The lowest BCUT2D eigenvalue weighted by Crippen LogP contribution is -1.90. The van der Waals surface area contributed by atoms with Crippen LogP contribution < -0.4 is 5.73 Å². The van der Waals surface area contributed by atoms with Crippen LogP contribution in [0.15, 0.2) is 48.1 Å². The van der Waals surface area contributed by atoms with Crippen LogP contribution in [0.1, 0.15) is 10.6 Å². The Kier molecular flexibility index (Phi) is 2.86. The van der Waals surface area contributed by atoms with E-state index in [0.29, 0.717) is 0 Å². The van der Waals surface area contributed by atoms with Crippen molar-refractivity contribution in [2.75, 3.05) is 5.73 Å². The summed E-state index contributed by atoms with van der Waals surface area (Å²) in [6.07, 6.45) is 4.70. The van der Waals surface area contributed by atoms with E-state index in [-0.39, 0.29) is 0 Å². The molecule has 0 radical (unpaired) electrons. The zero-order valence-corrected chi connectivity index (χ0v) is 10.6. The molecular formula is C14H13N3S. The SMILES string of the molecule is Nc1cccc(Cc2nc(-c3cc[nH]c3)cs2)c1. The lowest BCUT2D eigenvalue weighted by Gasteiger charge is -1.99. The summed E-state index contributed by atoms with van der Waals surface area (Å²) in [6.45, 7) is 0. The van der Waals surface area contributed by atoms with Crippen molar-refractivity contribution in [3.05, 3.63) is 58.7 Å². The number of rotatable bonds is 3. The normalized spacial score (nSPS) is 10.7. The third-order valence-corrected chi connectivity index (χ3v) is 3.60. The molecule has 0 atom stereocenters. The maximum atomic E-state index is 5.77. The summed E-state index contributed by atoms with van der Waals surface area (Å²) in [4.78, 5) is 7.68.